The molecule has 0 unspecified atom stereocenters. The van der Waals surface area contributed by atoms with Gasteiger partial charge in [-0.1, -0.05) is 19.1 Å². The summed E-state index contributed by atoms with van der Waals surface area (Å²) in [5.41, 5.74) is 1.24. The van der Waals surface area contributed by atoms with E-state index in [0.29, 0.717) is 35.7 Å². The molecule has 1 saturated heterocycles. The lowest BCUT2D eigenvalue weighted by Crippen LogP contribution is -2.46. The van der Waals surface area contributed by atoms with Gasteiger partial charge in [0.05, 0.1) is 14.2 Å². The smallest absolute Gasteiger partial charge is 0.189 e. The number of Topliss-reactive ketones (excluding diaryl/α,β-unsaturated/α-hetero) is 1. The summed E-state index contributed by atoms with van der Waals surface area (Å²) < 4.78 is 22.7. The van der Waals surface area contributed by atoms with Gasteiger partial charge in [-0.2, -0.15) is 0 Å². The molecule has 1 aliphatic carbocycles. The van der Waals surface area contributed by atoms with Gasteiger partial charge in [0.1, 0.15) is 11.4 Å². The van der Waals surface area contributed by atoms with Crippen LogP contribution in [-0.4, -0.2) is 32.4 Å². The molecule has 0 N–H and O–H groups in total. The monoisotopic (exact) mass is 372 g/mol. The minimum Gasteiger partial charge on any atom is -0.493 e. The van der Waals surface area contributed by atoms with E-state index in [4.69, 9.17) is 18.9 Å². The first-order valence-corrected chi connectivity index (χ1v) is 9.31. The average molecular weight is 372 g/mol. The molecule has 3 atom stereocenters. The molecule has 0 amide bonds. The summed E-state index contributed by atoms with van der Waals surface area (Å²) in [5.74, 6) is 2.28. The molecule has 0 spiro atoms. The summed E-state index contributed by atoms with van der Waals surface area (Å²) in [6.07, 6.45) is 3.86. The van der Waals surface area contributed by atoms with Gasteiger partial charge in [0, 0.05) is 11.5 Å². The first-order chi connectivity index (χ1) is 13.0. The van der Waals surface area contributed by atoms with E-state index in [9.17, 15) is 4.79 Å². The number of ketones is 1. The van der Waals surface area contributed by atoms with Gasteiger partial charge >= 0.3 is 0 Å². The van der Waals surface area contributed by atoms with Crippen molar-refractivity contribution >= 4 is 5.78 Å². The zero-order valence-corrected chi connectivity index (χ0v) is 16.5. The molecule has 2 aliphatic rings. The summed E-state index contributed by atoms with van der Waals surface area (Å²) in [4.78, 5) is 12.7. The Labute approximate surface area is 160 Å². The van der Waals surface area contributed by atoms with E-state index in [1.807, 2.05) is 31.2 Å². The molecular formula is C22H28O5. The Balaban J connectivity index is 1.91. The summed E-state index contributed by atoms with van der Waals surface area (Å²) in [7, 11) is 3.26. The molecule has 0 radical (unpaired) electrons. The standard InChI is InChI=1S/C22H28O5/c1-6-7-17-12-22(21(26-13-27-22)15(3)20(17)23)14(2)10-16-8-9-18(24-4)19(11-16)25-5/h6,8-9,11,14,17H,1,7,10,12-13H2,2-5H3/t14-,17+,22-/m1/s1. The van der Waals surface area contributed by atoms with Gasteiger partial charge < -0.3 is 18.9 Å². The molecule has 1 aromatic carbocycles. The van der Waals surface area contributed by atoms with Crippen LogP contribution in [0.15, 0.2) is 42.2 Å². The third-order valence-corrected chi connectivity index (χ3v) is 5.77. The Morgan fingerprint density at radius 2 is 2.07 bits per heavy atom. The Hall–Kier alpha value is -2.27. The van der Waals surface area contributed by atoms with Gasteiger partial charge in [0.25, 0.3) is 0 Å². The second kappa shape index (κ2) is 7.77. The molecule has 1 heterocycles. The number of methoxy groups -OCH3 is 2. The van der Waals surface area contributed by atoms with Crippen LogP contribution in [0.3, 0.4) is 0 Å². The lowest BCUT2D eigenvalue weighted by Gasteiger charge is -2.40. The normalized spacial score (nSPS) is 25.6. The van der Waals surface area contributed by atoms with Crippen molar-refractivity contribution in [1.82, 2.24) is 0 Å². The molecule has 1 aromatic rings. The summed E-state index contributed by atoms with van der Waals surface area (Å²) in [6, 6.07) is 5.94. The van der Waals surface area contributed by atoms with Gasteiger partial charge in [-0.3, -0.25) is 4.79 Å². The van der Waals surface area contributed by atoms with E-state index in [0.717, 1.165) is 12.0 Å². The maximum absolute atomic E-state index is 12.7. The highest BCUT2D eigenvalue weighted by molar-refractivity contribution is 5.98. The first kappa shape index (κ1) is 19.5. The minimum atomic E-state index is -0.571. The van der Waals surface area contributed by atoms with Crippen molar-refractivity contribution in [3.05, 3.63) is 47.7 Å². The molecule has 0 bridgehead atoms. The highest BCUT2D eigenvalue weighted by Crippen LogP contribution is 2.48. The molecule has 1 aliphatic heterocycles. The number of allylic oxidation sites excluding steroid dienone is 2. The largest absolute Gasteiger partial charge is 0.493 e. The second-order valence-electron chi connectivity index (χ2n) is 7.33. The molecule has 5 heteroatoms. The number of carbonyl (C=O) groups is 1. The SMILES string of the molecule is C=CC[C@H]1C[C@]2([C@H](C)Cc3ccc(OC)c(OC)c3)OCOC2=C(C)C1=O. The van der Waals surface area contributed by atoms with Crippen LogP contribution in [0.25, 0.3) is 0 Å². The van der Waals surface area contributed by atoms with Gasteiger partial charge in [0.2, 0.25) is 0 Å². The maximum atomic E-state index is 12.7. The van der Waals surface area contributed by atoms with E-state index in [2.05, 4.69) is 13.5 Å². The van der Waals surface area contributed by atoms with Crippen LogP contribution in [0.2, 0.25) is 0 Å². The topological polar surface area (TPSA) is 54.0 Å². The van der Waals surface area contributed by atoms with Crippen LogP contribution in [-0.2, 0) is 20.7 Å². The van der Waals surface area contributed by atoms with Crippen molar-refractivity contribution < 1.29 is 23.7 Å². The van der Waals surface area contributed by atoms with Crippen LogP contribution in [0.5, 0.6) is 11.5 Å². The number of rotatable bonds is 7. The van der Waals surface area contributed by atoms with Crippen molar-refractivity contribution in [2.75, 3.05) is 21.0 Å². The molecule has 0 saturated carbocycles. The third kappa shape index (κ3) is 3.36. The minimum absolute atomic E-state index is 0.110. The fraction of sp³-hybridized carbons (Fsp3) is 0.500. The fourth-order valence-corrected chi connectivity index (χ4v) is 4.32. The van der Waals surface area contributed by atoms with Crippen LogP contribution < -0.4 is 9.47 Å². The molecule has 3 rings (SSSR count). The average Bonchev–Trinajstić information content (AvgIpc) is 3.11. The zero-order valence-electron chi connectivity index (χ0n) is 16.5. The highest BCUT2D eigenvalue weighted by atomic mass is 16.7. The van der Waals surface area contributed by atoms with Crippen molar-refractivity contribution in [3.63, 3.8) is 0 Å². The third-order valence-electron chi connectivity index (χ3n) is 5.77. The number of hydrogen-bond donors (Lipinski definition) is 0. The molecule has 5 nitrogen and oxygen atoms in total. The Bertz CT molecular complexity index is 766. The number of hydrogen-bond acceptors (Lipinski definition) is 5. The van der Waals surface area contributed by atoms with Crippen LogP contribution in [0.1, 0.15) is 32.3 Å². The molecule has 1 fully saturated rings. The highest BCUT2D eigenvalue weighted by Gasteiger charge is 2.53. The van der Waals surface area contributed by atoms with Crippen LogP contribution in [0.4, 0.5) is 0 Å². The molecule has 27 heavy (non-hydrogen) atoms. The predicted octanol–water partition coefficient (Wildman–Crippen LogP) is 4.06. The second-order valence-corrected chi connectivity index (χ2v) is 7.33. The fourth-order valence-electron chi connectivity index (χ4n) is 4.32. The van der Waals surface area contributed by atoms with E-state index in [1.165, 1.54) is 0 Å². The number of benzene rings is 1. The van der Waals surface area contributed by atoms with Crippen LogP contribution in [0, 0.1) is 11.8 Å². The first-order valence-electron chi connectivity index (χ1n) is 9.31. The summed E-state index contributed by atoms with van der Waals surface area (Å²) in [6.45, 7) is 7.99. The lowest BCUT2D eigenvalue weighted by atomic mass is 9.69. The van der Waals surface area contributed by atoms with Crippen molar-refractivity contribution in [1.29, 1.82) is 0 Å². The van der Waals surface area contributed by atoms with Crippen molar-refractivity contribution in [2.45, 2.75) is 38.7 Å². The number of carbonyl (C=O) groups excluding carboxylic acids is 1. The van der Waals surface area contributed by atoms with Crippen molar-refractivity contribution in [2.24, 2.45) is 11.8 Å². The maximum Gasteiger partial charge on any atom is 0.189 e. The quantitative estimate of drug-likeness (QED) is 0.676. The van der Waals surface area contributed by atoms with Crippen LogP contribution >= 0.6 is 0 Å². The Morgan fingerprint density at radius 3 is 2.74 bits per heavy atom. The van der Waals surface area contributed by atoms with Gasteiger partial charge in [-0.05, 0) is 49.8 Å². The zero-order chi connectivity index (χ0) is 19.6. The summed E-state index contributed by atoms with van der Waals surface area (Å²) in [5, 5.41) is 0. The Morgan fingerprint density at radius 1 is 1.33 bits per heavy atom. The lowest BCUT2D eigenvalue weighted by molar-refractivity contribution is -0.124. The number of ether oxygens (including phenoxy) is 4. The summed E-state index contributed by atoms with van der Waals surface area (Å²) >= 11 is 0. The van der Waals surface area contributed by atoms with E-state index in [-0.39, 0.29) is 24.4 Å². The number of fused-ring (bicyclic) bond motifs is 1. The van der Waals surface area contributed by atoms with Gasteiger partial charge in [-0.25, -0.2) is 0 Å². The van der Waals surface area contributed by atoms with Crippen molar-refractivity contribution in [3.8, 4) is 11.5 Å². The van der Waals surface area contributed by atoms with Gasteiger partial charge in [-0.15, -0.1) is 6.58 Å². The van der Waals surface area contributed by atoms with E-state index < -0.39 is 5.60 Å². The molecule has 0 aromatic heterocycles. The van der Waals surface area contributed by atoms with Gasteiger partial charge in [0.15, 0.2) is 24.1 Å². The van der Waals surface area contributed by atoms with E-state index >= 15 is 0 Å². The predicted molar refractivity (Wildman–Crippen MR) is 103 cm³/mol. The molecular weight excluding hydrogens is 344 g/mol. The van der Waals surface area contributed by atoms with E-state index in [1.54, 1.807) is 14.2 Å². The molecule has 146 valence electrons. The Kier molecular flexibility index (Phi) is 5.61.